The first-order chi connectivity index (χ1) is 17.4. The van der Waals surface area contributed by atoms with Gasteiger partial charge in [-0.15, -0.1) is 0 Å². The fraction of sp³-hybridized carbons (Fsp3) is 0.593. The Balaban J connectivity index is 1.21. The van der Waals surface area contributed by atoms with Crippen LogP contribution in [0.25, 0.3) is 0 Å². The molecule has 3 aliphatic rings. The van der Waals surface area contributed by atoms with Gasteiger partial charge >= 0.3 is 0 Å². The van der Waals surface area contributed by atoms with E-state index in [0.717, 1.165) is 67.5 Å². The Labute approximate surface area is 227 Å². The lowest BCUT2D eigenvalue weighted by Crippen LogP contribution is -2.44. The number of aliphatic hydroxyl groups is 1. The zero-order valence-corrected chi connectivity index (χ0v) is 23.0. The van der Waals surface area contributed by atoms with Gasteiger partial charge in [0.1, 0.15) is 12.0 Å². The van der Waals surface area contributed by atoms with E-state index < -0.39 is 6.23 Å². The van der Waals surface area contributed by atoms with Crippen LogP contribution in [0.4, 0.5) is 5.69 Å². The van der Waals surface area contributed by atoms with E-state index in [2.05, 4.69) is 61.6 Å². The fourth-order valence-electron chi connectivity index (χ4n) is 4.90. The second-order valence-electron chi connectivity index (χ2n) is 9.93. The fourth-order valence-corrected chi connectivity index (χ4v) is 5.37. The highest BCUT2D eigenvalue weighted by atomic mass is 127. The predicted molar refractivity (Wildman–Crippen MR) is 152 cm³/mol. The molecule has 9 heteroatoms. The third kappa shape index (κ3) is 7.20. The number of carbonyl (C=O) groups excluding carboxylic acids is 1. The lowest BCUT2D eigenvalue weighted by Gasteiger charge is -2.31. The van der Waals surface area contributed by atoms with Crippen LogP contribution in [0.5, 0.6) is 5.75 Å². The number of benzene rings is 1. The van der Waals surface area contributed by atoms with Gasteiger partial charge in [-0.2, -0.15) is 0 Å². The molecule has 0 aromatic heterocycles. The topological polar surface area (TPSA) is 101 Å². The first-order valence-corrected chi connectivity index (χ1v) is 14.4. The van der Waals surface area contributed by atoms with Crippen LogP contribution in [-0.4, -0.2) is 87.9 Å². The van der Waals surface area contributed by atoms with Gasteiger partial charge in [-0.3, -0.25) is 14.7 Å². The van der Waals surface area contributed by atoms with Crippen molar-refractivity contribution >= 4 is 46.2 Å². The summed E-state index contributed by atoms with van der Waals surface area (Å²) < 4.78 is 0.902. The van der Waals surface area contributed by atoms with Crippen molar-refractivity contribution < 1.29 is 15.0 Å². The van der Waals surface area contributed by atoms with Crippen LogP contribution in [0.1, 0.15) is 44.1 Å². The van der Waals surface area contributed by atoms with Gasteiger partial charge in [0, 0.05) is 60.8 Å². The van der Waals surface area contributed by atoms with Crippen LogP contribution >= 0.6 is 22.6 Å². The van der Waals surface area contributed by atoms with Crippen molar-refractivity contribution in [3.8, 4) is 17.6 Å². The van der Waals surface area contributed by atoms with Gasteiger partial charge in [0.05, 0.1) is 6.54 Å². The first kappa shape index (κ1) is 26.9. The number of aliphatic imine (C=N–C) groups is 2. The van der Waals surface area contributed by atoms with E-state index in [1.54, 1.807) is 12.1 Å². The summed E-state index contributed by atoms with van der Waals surface area (Å²) in [6, 6.07) is 5.39. The molecule has 3 heterocycles. The Bertz CT molecular complexity index is 1040. The van der Waals surface area contributed by atoms with Crippen molar-refractivity contribution in [3.05, 3.63) is 23.8 Å². The quantitative estimate of drug-likeness (QED) is 0.146. The zero-order chi connectivity index (χ0) is 25.5. The predicted octanol–water partition coefficient (Wildman–Crippen LogP) is 3.10. The number of anilines is 1. The van der Waals surface area contributed by atoms with E-state index >= 15 is 0 Å². The number of rotatable bonds is 7. The molecule has 1 amide bonds. The number of phenols is 1. The normalized spacial score (nSPS) is 22.5. The van der Waals surface area contributed by atoms with Crippen molar-refractivity contribution in [3.63, 3.8) is 0 Å². The van der Waals surface area contributed by atoms with Crippen LogP contribution in [0.3, 0.4) is 0 Å². The Morgan fingerprint density at radius 1 is 1.28 bits per heavy atom. The molecule has 3 atom stereocenters. The van der Waals surface area contributed by atoms with Crippen molar-refractivity contribution in [1.29, 1.82) is 0 Å². The Hall–Kier alpha value is -2.16. The van der Waals surface area contributed by atoms with E-state index in [-0.39, 0.29) is 29.4 Å². The maximum atomic E-state index is 12.9. The van der Waals surface area contributed by atoms with Gasteiger partial charge in [0.15, 0.2) is 5.84 Å². The summed E-state index contributed by atoms with van der Waals surface area (Å²) in [5.74, 6) is 8.00. The van der Waals surface area contributed by atoms with E-state index in [1.807, 2.05) is 17.2 Å². The van der Waals surface area contributed by atoms with Crippen LogP contribution in [0.15, 0.2) is 28.2 Å². The van der Waals surface area contributed by atoms with Gasteiger partial charge in [-0.25, -0.2) is 4.99 Å². The van der Waals surface area contributed by atoms with Crippen molar-refractivity contribution in [2.45, 2.75) is 44.8 Å². The highest BCUT2D eigenvalue weighted by Gasteiger charge is 2.31. The van der Waals surface area contributed by atoms with E-state index in [9.17, 15) is 15.0 Å². The van der Waals surface area contributed by atoms with Crippen molar-refractivity contribution in [2.75, 3.05) is 49.0 Å². The van der Waals surface area contributed by atoms with Gasteiger partial charge < -0.3 is 20.4 Å². The molecule has 0 saturated carbocycles. The number of nitrogens with one attached hydrogen (secondary N) is 1. The minimum Gasteiger partial charge on any atom is -0.508 e. The number of halogens is 1. The van der Waals surface area contributed by atoms with Gasteiger partial charge in [-0.05, 0) is 61.4 Å². The standard InChI is InChI=1S/C27H36IN5O3/c1-19(16-28)23-15-22(4-5-24(23)34)31-27(36)21-9-12-32(17-21)18-26(35)33-13-7-20(8-14-33)3-6-25-29-10-2-11-30-25/h4-5,10,15,19-21,27,31,34,36H,2,7-9,11-14,16-18H2,1H3/t19?,21-,27?/m1/s1. The number of amidine groups is 1. The van der Waals surface area contributed by atoms with Crippen molar-refractivity contribution in [2.24, 2.45) is 21.8 Å². The third-order valence-corrected chi connectivity index (χ3v) is 8.51. The van der Waals surface area contributed by atoms with Crippen LogP contribution in [0, 0.1) is 23.7 Å². The van der Waals surface area contributed by atoms with Crippen molar-refractivity contribution in [1.82, 2.24) is 9.80 Å². The molecule has 0 radical (unpaired) electrons. The average Bonchev–Trinajstić information content (AvgIpc) is 3.37. The Morgan fingerprint density at radius 2 is 2.08 bits per heavy atom. The monoisotopic (exact) mass is 605 g/mol. The molecule has 2 saturated heterocycles. The Morgan fingerprint density at radius 3 is 2.81 bits per heavy atom. The molecule has 0 bridgehead atoms. The summed E-state index contributed by atoms with van der Waals surface area (Å²) in [5, 5.41) is 24.2. The minimum absolute atomic E-state index is 0.0448. The molecule has 36 heavy (non-hydrogen) atoms. The number of nitrogens with zero attached hydrogens (tertiary/aromatic N) is 4. The van der Waals surface area contributed by atoms with Crippen LogP contribution < -0.4 is 5.32 Å². The van der Waals surface area contributed by atoms with E-state index in [1.165, 1.54) is 0 Å². The molecule has 0 spiro atoms. The maximum Gasteiger partial charge on any atom is 0.236 e. The SMILES string of the molecule is CC(CI)c1cc(NC(O)[C@@H]2CCN(CC(=O)N3CCC(C#CC4=NCCC=N4)CC3)C2)ccc1O. The van der Waals surface area contributed by atoms with E-state index in [4.69, 9.17) is 0 Å². The average molecular weight is 606 g/mol. The summed E-state index contributed by atoms with van der Waals surface area (Å²) >= 11 is 2.31. The molecular formula is C27H36IN5O3. The third-order valence-electron chi connectivity index (χ3n) is 7.19. The van der Waals surface area contributed by atoms with E-state index in [0.29, 0.717) is 18.9 Å². The highest BCUT2D eigenvalue weighted by Crippen LogP contribution is 2.31. The first-order valence-electron chi connectivity index (χ1n) is 12.8. The number of piperidine rings is 1. The molecule has 8 nitrogen and oxygen atoms in total. The van der Waals surface area contributed by atoms with Crippen LogP contribution in [-0.2, 0) is 4.79 Å². The number of aliphatic hydroxyl groups excluding tert-OH is 1. The second kappa shape index (κ2) is 12.9. The molecule has 3 aliphatic heterocycles. The molecule has 194 valence electrons. The summed E-state index contributed by atoms with van der Waals surface area (Å²) in [7, 11) is 0. The number of amides is 1. The molecule has 1 aromatic rings. The summed E-state index contributed by atoms with van der Waals surface area (Å²) in [6.07, 6.45) is 4.64. The molecule has 2 unspecified atom stereocenters. The lowest BCUT2D eigenvalue weighted by molar-refractivity contribution is -0.133. The molecule has 4 rings (SSSR count). The smallest absolute Gasteiger partial charge is 0.236 e. The number of aromatic hydroxyl groups is 1. The van der Waals surface area contributed by atoms with Gasteiger partial charge in [-0.1, -0.05) is 35.4 Å². The number of carbonyl (C=O) groups is 1. The number of hydrogen-bond donors (Lipinski definition) is 3. The summed E-state index contributed by atoms with van der Waals surface area (Å²) in [5.41, 5.74) is 1.68. The zero-order valence-electron chi connectivity index (χ0n) is 20.9. The lowest BCUT2D eigenvalue weighted by atomic mass is 9.97. The number of hydrogen-bond acceptors (Lipinski definition) is 7. The molecule has 1 aromatic carbocycles. The minimum atomic E-state index is -0.704. The van der Waals surface area contributed by atoms with Gasteiger partial charge in [0.25, 0.3) is 0 Å². The number of alkyl halides is 1. The van der Waals surface area contributed by atoms with Crippen LogP contribution in [0.2, 0.25) is 0 Å². The maximum absolute atomic E-state index is 12.9. The summed E-state index contributed by atoms with van der Waals surface area (Å²) in [4.78, 5) is 25.5. The Kier molecular flexibility index (Phi) is 9.62. The summed E-state index contributed by atoms with van der Waals surface area (Å²) in [6.45, 7) is 6.17. The largest absolute Gasteiger partial charge is 0.508 e. The number of likely N-dealkylation sites (tertiary alicyclic amines) is 2. The molecule has 3 N–H and O–H groups in total. The molecule has 0 aliphatic carbocycles. The van der Waals surface area contributed by atoms with Gasteiger partial charge in [0.2, 0.25) is 5.91 Å². The number of phenolic OH excluding ortho intramolecular Hbond substituents is 1. The molecule has 2 fully saturated rings. The molecular weight excluding hydrogens is 569 g/mol. The highest BCUT2D eigenvalue weighted by molar-refractivity contribution is 14.1. The second-order valence-corrected chi connectivity index (χ2v) is 10.8.